The maximum atomic E-state index is 13.5. The van der Waals surface area contributed by atoms with Crippen LogP contribution in [0.25, 0.3) is 0 Å². The van der Waals surface area contributed by atoms with Crippen molar-refractivity contribution in [2.45, 2.75) is 25.2 Å². The number of alkyl halides is 2. The van der Waals surface area contributed by atoms with Crippen LogP contribution in [0, 0.1) is 0 Å². The molecule has 5 heteroatoms. The molecule has 1 heterocycles. The molecule has 0 spiro atoms. The van der Waals surface area contributed by atoms with Crippen molar-refractivity contribution in [1.82, 2.24) is 0 Å². The lowest BCUT2D eigenvalue weighted by Gasteiger charge is -2.19. The van der Waals surface area contributed by atoms with Gasteiger partial charge < -0.3 is 10.0 Å². The lowest BCUT2D eigenvalue weighted by atomic mass is 10.1. The molecule has 1 aliphatic rings. The van der Waals surface area contributed by atoms with Gasteiger partial charge in [-0.1, -0.05) is 12.1 Å². The summed E-state index contributed by atoms with van der Waals surface area (Å²) in [4.78, 5) is 12.5. The van der Waals surface area contributed by atoms with Gasteiger partial charge in [0.2, 0.25) is 0 Å². The van der Waals surface area contributed by atoms with Crippen LogP contribution in [0.2, 0.25) is 0 Å². The maximum Gasteiger partial charge on any atom is 0.309 e. The van der Waals surface area contributed by atoms with Crippen LogP contribution in [0.1, 0.15) is 24.8 Å². The maximum absolute atomic E-state index is 13.5. The zero-order valence-electron chi connectivity index (χ0n) is 9.90. The number of benzene rings is 1. The van der Waals surface area contributed by atoms with Gasteiger partial charge in [-0.05, 0) is 25.0 Å². The van der Waals surface area contributed by atoms with Crippen molar-refractivity contribution in [2.24, 2.45) is 0 Å². The molecule has 3 nitrogen and oxygen atoms in total. The van der Waals surface area contributed by atoms with Crippen LogP contribution < -0.4 is 4.90 Å². The van der Waals surface area contributed by atoms with Gasteiger partial charge in [-0.2, -0.15) is 0 Å². The fourth-order valence-electron chi connectivity index (χ4n) is 2.18. The molecule has 0 aliphatic carbocycles. The number of hydrogen-bond donors (Lipinski definition) is 1. The van der Waals surface area contributed by atoms with Gasteiger partial charge in [0, 0.05) is 24.3 Å². The van der Waals surface area contributed by atoms with Gasteiger partial charge >= 0.3 is 5.97 Å². The van der Waals surface area contributed by atoms with E-state index >= 15 is 0 Å². The standard InChI is InChI=1S/C13H15F2NO2/c14-13(15,9-12(17)18)10-3-5-11(6-4-10)16-7-1-2-8-16/h3-6H,1-2,7-9H2,(H,17,18). The van der Waals surface area contributed by atoms with Gasteiger partial charge in [0.25, 0.3) is 5.92 Å². The van der Waals surface area contributed by atoms with Gasteiger partial charge in [0.05, 0.1) is 0 Å². The fraction of sp³-hybridized carbons (Fsp3) is 0.462. The number of carboxylic acids is 1. The Morgan fingerprint density at radius 3 is 2.28 bits per heavy atom. The Labute approximate surface area is 104 Å². The molecule has 18 heavy (non-hydrogen) atoms. The number of aliphatic carboxylic acids is 1. The predicted octanol–water partition coefficient (Wildman–Crippen LogP) is 2.85. The van der Waals surface area contributed by atoms with Crippen molar-refractivity contribution in [3.05, 3.63) is 29.8 Å². The second-order valence-electron chi connectivity index (χ2n) is 4.52. The average Bonchev–Trinajstić information content (AvgIpc) is 2.81. The predicted molar refractivity (Wildman–Crippen MR) is 64.0 cm³/mol. The number of halogens is 2. The van der Waals surface area contributed by atoms with Crippen LogP contribution in [0.15, 0.2) is 24.3 Å². The van der Waals surface area contributed by atoms with Gasteiger partial charge in [-0.25, -0.2) is 8.78 Å². The summed E-state index contributed by atoms with van der Waals surface area (Å²) < 4.78 is 27.0. The molecule has 0 atom stereocenters. The van der Waals surface area contributed by atoms with Crippen LogP contribution >= 0.6 is 0 Å². The summed E-state index contributed by atoms with van der Waals surface area (Å²) in [5, 5.41) is 8.45. The zero-order chi connectivity index (χ0) is 13.2. The normalized spacial score (nSPS) is 16.0. The smallest absolute Gasteiger partial charge is 0.309 e. The second kappa shape index (κ2) is 4.92. The number of hydrogen-bond acceptors (Lipinski definition) is 2. The monoisotopic (exact) mass is 255 g/mol. The van der Waals surface area contributed by atoms with E-state index in [1.807, 2.05) is 0 Å². The quantitative estimate of drug-likeness (QED) is 0.899. The molecular weight excluding hydrogens is 240 g/mol. The molecule has 0 saturated carbocycles. The fourth-order valence-corrected chi connectivity index (χ4v) is 2.18. The Morgan fingerprint density at radius 2 is 1.78 bits per heavy atom. The van der Waals surface area contributed by atoms with Crippen molar-refractivity contribution in [3.63, 3.8) is 0 Å². The number of rotatable bonds is 4. The van der Waals surface area contributed by atoms with Crippen LogP contribution in [-0.2, 0) is 10.7 Å². The van der Waals surface area contributed by atoms with E-state index < -0.39 is 18.3 Å². The Bertz CT molecular complexity index is 425. The first-order chi connectivity index (χ1) is 8.49. The van der Waals surface area contributed by atoms with E-state index in [-0.39, 0.29) is 5.56 Å². The minimum Gasteiger partial charge on any atom is -0.481 e. The largest absolute Gasteiger partial charge is 0.481 e. The van der Waals surface area contributed by atoms with Crippen molar-refractivity contribution >= 4 is 11.7 Å². The average molecular weight is 255 g/mol. The summed E-state index contributed by atoms with van der Waals surface area (Å²) in [5.41, 5.74) is 0.676. The van der Waals surface area contributed by atoms with E-state index in [4.69, 9.17) is 5.11 Å². The molecule has 1 aromatic rings. The van der Waals surface area contributed by atoms with Crippen molar-refractivity contribution in [2.75, 3.05) is 18.0 Å². The van der Waals surface area contributed by atoms with Crippen molar-refractivity contribution in [1.29, 1.82) is 0 Å². The Morgan fingerprint density at radius 1 is 1.22 bits per heavy atom. The highest BCUT2D eigenvalue weighted by Gasteiger charge is 2.34. The number of carbonyl (C=O) groups is 1. The first kappa shape index (κ1) is 12.8. The lowest BCUT2D eigenvalue weighted by Crippen LogP contribution is -2.20. The minimum atomic E-state index is -3.31. The summed E-state index contributed by atoms with van der Waals surface area (Å²) in [6.45, 7) is 1.90. The molecule has 1 aliphatic heterocycles. The van der Waals surface area contributed by atoms with Gasteiger partial charge in [0.15, 0.2) is 0 Å². The molecule has 1 saturated heterocycles. The highest BCUT2D eigenvalue weighted by molar-refractivity contribution is 5.68. The lowest BCUT2D eigenvalue weighted by molar-refractivity contribution is -0.145. The molecular formula is C13H15F2NO2. The van der Waals surface area contributed by atoms with E-state index in [1.165, 1.54) is 12.1 Å². The van der Waals surface area contributed by atoms with Crippen LogP contribution in [-0.4, -0.2) is 24.2 Å². The SMILES string of the molecule is O=C(O)CC(F)(F)c1ccc(N2CCCC2)cc1. The summed E-state index contributed by atoms with van der Waals surface area (Å²) in [5.74, 6) is -4.81. The molecule has 2 rings (SSSR count). The third-order valence-corrected chi connectivity index (χ3v) is 3.13. The van der Waals surface area contributed by atoms with Crippen LogP contribution in [0.4, 0.5) is 14.5 Å². The van der Waals surface area contributed by atoms with E-state index in [9.17, 15) is 13.6 Å². The second-order valence-corrected chi connectivity index (χ2v) is 4.52. The molecule has 0 aromatic heterocycles. The molecule has 0 amide bonds. The number of carboxylic acid groups (broad SMARTS) is 1. The molecule has 1 aromatic carbocycles. The third kappa shape index (κ3) is 2.78. The summed E-state index contributed by atoms with van der Waals surface area (Å²) >= 11 is 0. The van der Waals surface area contributed by atoms with Gasteiger partial charge in [0.1, 0.15) is 6.42 Å². The van der Waals surface area contributed by atoms with E-state index in [0.29, 0.717) is 0 Å². The van der Waals surface area contributed by atoms with Gasteiger partial charge in [-0.3, -0.25) is 4.79 Å². The van der Waals surface area contributed by atoms with E-state index in [2.05, 4.69) is 4.90 Å². The first-order valence-corrected chi connectivity index (χ1v) is 5.94. The molecule has 98 valence electrons. The van der Waals surface area contributed by atoms with E-state index in [1.54, 1.807) is 12.1 Å². The van der Waals surface area contributed by atoms with Crippen molar-refractivity contribution in [3.8, 4) is 0 Å². The zero-order valence-corrected chi connectivity index (χ0v) is 9.90. The number of nitrogens with zero attached hydrogens (tertiary/aromatic N) is 1. The summed E-state index contributed by atoms with van der Waals surface area (Å²) in [7, 11) is 0. The van der Waals surface area contributed by atoms with Gasteiger partial charge in [-0.15, -0.1) is 0 Å². The highest BCUT2D eigenvalue weighted by Crippen LogP contribution is 2.33. The van der Waals surface area contributed by atoms with Crippen molar-refractivity contribution < 1.29 is 18.7 Å². The molecule has 0 radical (unpaired) electrons. The Hall–Kier alpha value is -1.65. The molecule has 1 N–H and O–H groups in total. The molecule has 0 unspecified atom stereocenters. The highest BCUT2D eigenvalue weighted by atomic mass is 19.3. The van der Waals surface area contributed by atoms with Crippen LogP contribution in [0.5, 0.6) is 0 Å². The molecule has 0 bridgehead atoms. The summed E-state index contributed by atoms with van der Waals surface area (Å²) in [6.07, 6.45) is 1.07. The Kier molecular flexibility index (Phi) is 3.50. The van der Waals surface area contributed by atoms with E-state index in [0.717, 1.165) is 31.6 Å². The third-order valence-electron chi connectivity index (χ3n) is 3.13. The number of anilines is 1. The Balaban J connectivity index is 2.13. The minimum absolute atomic E-state index is 0.243. The summed E-state index contributed by atoms with van der Waals surface area (Å²) in [6, 6.07) is 5.90. The van der Waals surface area contributed by atoms with Crippen LogP contribution in [0.3, 0.4) is 0 Å². The molecule has 1 fully saturated rings. The first-order valence-electron chi connectivity index (χ1n) is 5.94. The topological polar surface area (TPSA) is 40.5 Å².